The first-order valence-corrected chi connectivity index (χ1v) is 11.6. The van der Waals surface area contributed by atoms with Gasteiger partial charge in [-0.3, -0.25) is 4.90 Å². The van der Waals surface area contributed by atoms with Gasteiger partial charge < -0.3 is 15.1 Å². The second kappa shape index (κ2) is 13.6. The second-order valence-electron chi connectivity index (χ2n) is 8.33. The Labute approximate surface area is 217 Å². The zero-order chi connectivity index (χ0) is 28.5. The smallest absolute Gasteiger partial charge is 0.475 e. The van der Waals surface area contributed by atoms with Gasteiger partial charge in [-0.1, -0.05) is 16.8 Å². The fourth-order valence-electron chi connectivity index (χ4n) is 3.65. The molecule has 4 rings (SSSR count). The number of anilines is 1. The Bertz CT molecular complexity index is 1010. The van der Waals surface area contributed by atoms with Crippen molar-refractivity contribution in [3.05, 3.63) is 35.2 Å². The van der Waals surface area contributed by atoms with Crippen molar-refractivity contribution in [3.8, 4) is 0 Å². The molecule has 2 aromatic heterocycles. The Morgan fingerprint density at radius 2 is 1.47 bits per heavy atom. The monoisotopic (exact) mass is 574 g/mol. The average molecular weight is 575 g/mol. The minimum Gasteiger partial charge on any atom is -0.475 e. The van der Waals surface area contributed by atoms with Crippen molar-refractivity contribution in [2.45, 2.75) is 50.6 Å². The van der Waals surface area contributed by atoms with E-state index in [4.69, 9.17) is 31.4 Å². The number of piperidine rings is 1. The fraction of sp³-hybridized carbons (Fsp3) is 0.571. The Hall–Kier alpha value is -3.14. The molecule has 0 amide bonds. The van der Waals surface area contributed by atoms with E-state index in [0.717, 1.165) is 44.0 Å². The summed E-state index contributed by atoms with van der Waals surface area (Å²) in [5, 5.41) is 23.7. The topological polar surface area (TPSA) is 125 Å². The van der Waals surface area contributed by atoms with Crippen LogP contribution in [0.25, 0.3) is 0 Å². The lowest BCUT2D eigenvalue weighted by molar-refractivity contribution is -0.193. The first kappa shape index (κ1) is 31.1. The molecule has 2 aliphatic rings. The van der Waals surface area contributed by atoms with Gasteiger partial charge in [-0.25, -0.2) is 19.3 Å². The summed E-state index contributed by atoms with van der Waals surface area (Å²) in [6, 6.07) is 4.33. The largest absolute Gasteiger partial charge is 0.490 e. The zero-order valence-electron chi connectivity index (χ0n) is 19.8. The number of likely N-dealkylation sites (tertiary alicyclic amines) is 1. The number of carbonyl (C=O) groups is 2. The van der Waals surface area contributed by atoms with Crippen LogP contribution in [-0.2, 0) is 16.1 Å². The van der Waals surface area contributed by atoms with E-state index in [1.807, 2.05) is 12.1 Å². The van der Waals surface area contributed by atoms with Gasteiger partial charge in [0.1, 0.15) is 5.82 Å². The quantitative estimate of drug-likeness (QED) is 0.521. The second-order valence-corrected chi connectivity index (χ2v) is 8.77. The first-order valence-electron chi connectivity index (χ1n) is 11.3. The van der Waals surface area contributed by atoms with Gasteiger partial charge in [0.15, 0.2) is 0 Å². The van der Waals surface area contributed by atoms with Gasteiger partial charge >= 0.3 is 24.3 Å². The van der Waals surface area contributed by atoms with Gasteiger partial charge in [-0.05, 0) is 50.9 Å². The molecule has 2 N–H and O–H groups in total. The molecule has 0 unspecified atom stereocenters. The van der Waals surface area contributed by atoms with Gasteiger partial charge in [-0.15, -0.1) is 5.10 Å². The van der Waals surface area contributed by atoms with Crippen molar-refractivity contribution in [1.82, 2.24) is 24.9 Å². The van der Waals surface area contributed by atoms with Crippen LogP contribution >= 0.6 is 11.6 Å². The number of carboxylic acid groups (broad SMARTS) is 2. The molecule has 2 saturated heterocycles. The summed E-state index contributed by atoms with van der Waals surface area (Å²) in [5.74, 6) is -4.51. The van der Waals surface area contributed by atoms with E-state index in [-0.39, 0.29) is 0 Å². The third-order valence-electron chi connectivity index (χ3n) is 5.50. The molecule has 0 spiro atoms. The first-order chi connectivity index (χ1) is 17.7. The third kappa shape index (κ3) is 10.3. The van der Waals surface area contributed by atoms with E-state index in [0.29, 0.717) is 11.1 Å². The minimum atomic E-state index is -5.08. The zero-order valence-corrected chi connectivity index (χ0v) is 20.5. The lowest BCUT2D eigenvalue weighted by atomic mass is 10.1. The number of aromatic nitrogens is 4. The number of pyridine rings is 1. The molecule has 0 aromatic carbocycles. The summed E-state index contributed by atoms with van der Waals surface area (Å²) in [7, 11) is 0. The van der Waals surface area contributed by atoms with Crippen molar-refractivity contribution in [2.75, 3.05) is 31.1 Å². The predicted molar refractivity (Wildman–Crippen MR) is 122 cm³/mol. The molecule has 0 saturated carbocycles. The number of alkyl halides is 6. The Kier molecular flexibility index (Phi) is 11.1. The summed E-state index contributed by atoms with van der Waals surface area (Å²) in [5.41, 5.74) is 1.10. The molecule has 2 aromatic rings. The average Bonchev–Trinajstić information content (AvgIpc) is 3.52. The van der Waals surface area contributed by atoms with E-state index < -0.39 is 24.3 Å². The Morgan fingerprint density at radius 1 is 0.947 bits per heavy atom. The highest BCUT2D eigenvalue weighted by Gasteiger charge is 2.38. The van der Waals surface area contributed by atoms with Crippen molar-refractivity contribution in [2.24, 2.45) is 0 Å². The third-order valence-corrected chi connectivity index (χ3v) is 5.72. The highest BCUT2D eigenvalue weighted by atomic mass is 35.5. The van der Waals surface area contributed by atoms with Crippen molar-refractivity contribution in [3.63, 3.8) is 0 Å². The van der Waals surface area contributed by atoms with Gasteiger partial charge in [0.25, 0.3) is 0 Å². The molecule has 0 atom stereocenters. The molecular formula is C21H25ClF6N6O4. The maximum atomic E-state index is 10.6. The fourth-order valence-corrected chi connectivity index (χ4v) is 3.76. The van der Waals surface area contributed by atoms with Crippen LogP contribution in [0.5, 0.6) is 0 Å². The standard InChI is InChI=1S/C17H23ClN6.2C2HF3O2/c18-14-3-4-17(19-11-14)23-9-5-16(6-10-23)24-13-15(20-21-24)12-22-7-1-2-8-22;2*3-2(4,5)1(6)7/h3-4,11,13,16H,1-2,5-10,12H2;2*(H,6,7). The van der Waals surface area contributed by atoms with Crippen molar-refractivity contribution in [1.29, 1.82) is 0 Å². The van der Waals surface area contributed by atoms with E-state index in [1.165, 1.54) is 25.9 Å². The number of hydrogen-bond donors (Lipinski definition) is 2. The van der Waals surface area contributed by atoms with Gasteiger partial charge in [0, 0.05) is 25.8 Å². The summed E-state index contributed by atoms with van der Waals surface area (Å²) in [6.07, 6.45) is -1.56. The summed E-state index contributed by atoms with van der Waals surface area (Å²) < 4.78 is 65.5. The maximum absolute atomic E-state index is 10.6. The van der Waals surface area contributed by atoms with Crippen LogP contribution in [-0.4, -0.2) is 85.6 Å². The van der Waals surface area contributed by atoms with Crippen molar-refractivity contribution < 1.29 is 46.1 Å². The normalized spacial score (nSPS) is 16.8. The molecule has 10 nitrogen and oxygen atoms in total. The predicted octanol–water partition coefficient (Wildman–Crippen LogP) is 4.03. The summed E-state index contributed by atoms with van der Waals surface area (Å²) in [4.78, 5) is 27.0. The molecule has 2 aliphatic heterocycles. The highest BCUT2D eigenvalue weighted by Crippen LogP contribution is 2.25. The van der Waals surface area contributed by atoms with Crippen LogP contribution in [0.2, 0.25) is 5.02 Å². The van der Waals surface area contributed by atoms with Crippen LogP contribution in [0, 0.1) is 0 Å². The Morgan fingerprint density at radius 3 is 1.92 bits per heavy atom. The van der Waals surface area contributed by atoms with Crippen LogP contribution in [0.3, 0.4) is 0 Å². The molecule has 212 valence electrons. The lowest BCUT2D eigenvalue weighted by Crippen LogP contribution is -2.35. The molecule has 2 fully saturated rings. The minimum absolute atomic E-state index is 0.438. The number of rotatable bonds is 4. The SMILES string of the molecule is Clc1ccc(N2CCC(n3cc(CN4CCCC4)nn3)CC2)nc1.O=C(O)C(F)(F)F.O=C(O)C(F)(F)F. The van der Waals surface area contributed by atoms with Gasteiger partial charge in [0.2, 0.25) is 0 Å². The van der Waals surface area contributed by atoms with E-state index in [1.54, 1.807) is 6.20 Å². The molecule has 4 heterocycles. The number of hydrogen-bond acceptors (Lipinski definition) is 7. The van der Waals surface area contributed by atoms with Gasteiger partial charge in [-0.2, -0.15) is 26.3 Å². The van der Waals surface area contributed by atoms with Gasteiger partial charge in [0.05, 0.1) is 23.0 Å². The van der Waals surface area contributed by atoms with Crippen LogP contribution in [0.1, 0.15) is 37.4 Å². The highest BCUT2D eigenvalue weighted by molar-refractivity contribution is 6.30. The van der Waals surface area contributed by atoms with E-state index in [2.05, 4.69) is 36.0 Å². The number of halogens is 7. The molecule has 17 heteroatoms. The molecular weight excluding hydrogens is 550 g/mol. The number of aliphatic carboxylic acids is 2. The number of nitrogens with zero attached hydrogens (tertiary/aromatic N) is 6. The molecule has 38 heavy (non-hydrogen) atoms. The molecule has 0 aliphatic carbocycles. The number of carboxylic acids is 2. The van der Waals surface area contributed by atoms with E-state index in [9.17, 15) is 26.3 Å². The maximum Gasteiger partial charge on any atom is 0.490 e. The summed E-state index contributed by atoms with van der Waals surface area (Å²) in [6.45, 7) is 5.30. The molecule has 0 radical (unpaired) electrons. The summed E-state index contributed by atoms with van der Waals surface area (Å²) >= 11 is 5.91. The van der Waals surface area contributed by atoms with Crippen LogP contribution in [0.4, 0.5) is 32.2 Å². The molecule has 0 bridgehead atoms. The van der Waals surface area contributed by atoms with Crippen LogP contribution < -0.4 is 4.90 Å². The lowest BCUT2D eigenvalue weighted by Gasteiger charge is -2.32. The van der Waals surface area contributed by atoms with Crippen molar-refractivity contribution >= 4 is 29.4 Å². The van der Waals surface area contributed by atoms with E-state index >= 15 is 0 Å². The van der Waals surface area contributed by atoms with Crippen LogP contribution in [0.15, 0.2) is 24.5 Å². The Balaban J connectivity index is 0.000000301.